The first-order valence-corrected chi connectivity index (χ1v) is 13.8. The highest BCUT2D eigenvalue weighted by molar-refractivity contribution is 6.30. The minimum absolute atomic E-state index is 0.0902. The van der Waals surface area contributed by atoms with Crippen LogP contribution in [0.3, 0.4) is 0 Å². The summed E-state index contributed by atoms with van der Waals surface area (Å²) in [5.74, 6) is -0.277. The molecule has 37 heavy (non-hydrogen) atoms. The highest BCUT2D eigenvalue weighted by Crippen LogP contribution is 2.36. The van der Waals surface area contributed by atoms with E-state index in [1.54, 1.807) is 42.5 Å². The molecule has 0 aliphatic heterocycles. The molecule has 0 spiro atoms. The van der Waals surface area contributed by atoms with Gasteiger partial charge in [-0.15, -0.1) is 0 Å². The Hall–Kier alpha value is -3.05. The standard InChI is InChI=1S/C31H38ClNO4/c1-2-3-4-5-6-7-8-9-10-13-20-33-31(36)27-21-29(25-14-11-12-15-26(25)30(27)35)37-22-28(34)23-16-18-24(32)19-17-23/h11-12,14-19,21,35H,2-10,13,20,22H2,1H3,(H,33,36). The molecule has 0 fully saturated rings. The number of hydrogen-bond acceptors (Lipinski definition) is 4. The van der Waals surface area contributed by atoms with Crippen molar-refractivity contribution in [1.82, 2.24) is 5.32 Å². The number of rotatable bonds is 16. The van der Waals surface area contributed by atoms with Gasteiger partial charge in [-0.1, -0.05) is 101 Å². The molecule has 1 amide bonds. The number of fused-ring (bicyclic) bond motifs is 1. The Morgan fingerprint density at radius 3 is 2.08 bits per heavy atom. The number of aromatic hydroxyl groups is 1. The van der Waals surface area contributed by atoms with Gasteiger partial charge < -0.3 is 15.2 Å². The van der Waals surface area contributed by atoms with E-state index in [1.165, 1.54) is 57.4 Å². The average molecular weight is 524 g/mol. The van der Waals surface area contributed by atoms with Crippen LogP contribution in [0.15, 0.2) is 54.6 Å². The van der Waals surface area contributed by atoms with Crippen molar-refractivity contribution >= 4 is 34.1 Å². The van der Waals surface area contributed by atoms with Crippen LogP contribution in [0.5, 0.6) is 11.5 Å². The highest BCUT2D eigenvalue weighted by atomic mass is 35.5. The van der Waals surface area contributed by atoms with Crippen molar-refractivity contribution < 1.29 is 19.4 Å². The molecule has 5 nitrogen and oxygen atoms in total. The second-order valence-electron chi connectivity index (χ2n) is 9.47. The number of amides is 1. The summed E-state index contributed by atoms with van der Waals surface area (Å²) in [7, 11) is 0. The first-order chi connectivity index (χ1) is 18.0. The molecule has 0 saturated heterocycles. The van der Waals surface area contributed by atoms with Crippen molar-refractivity contribution in [2.75, 3.05) is 13.2 Å². The molecular weight excluding hydrogens is 486 g/mol. The van der Waals surface area contributed by atoms with Crippen molar-refractivity contribution in [1.29, 1.82) is 0 Å². The summed E-state index contributed by atoms with van der Waals surface area (Å²) in [4.78, 5) is 25.5. The van der Waals surface area contributed by atoms with Crippen molar-refractivity contribution in [3.05, 3.63) is 70.7 Å². The summed E-state index contributed by atoms with van der Waals surface area (Å²) in [5.41, 5.74) is 0.627. The number of ether oxygens (including phenoxy) is 1. The van der Waals surface area contributed by atoms with Gasteiger partial charge >= 0.3 is 0 Å². The quantitative estimate of drug-likeness (QED) is 0.147. The third kappa shape index (κ3) is 8.78. The molecule has 0 atom stereocenters. The molecule has 0 aromatic heterocycles. The van der Waals surface area contributed by atoms with Crippen molar-refractivity contribution in [2.24, 2.45) is 0 Å². The normalized spacial score (nSPS) is 11.0. The number of nitrogens with one attached hydrogen (secondary N) is 1. The van der Waals surface area contributed by atoms with Crippen molar-refractivity contribution in [2.45, 2.75) is 71.1 Å². The van der Waals surface area contributed by atoms with E-state index < -0.39 is 0 Å². The topological polar surface area (TPSA) is 75.6 Å². The fourth-order valence-corrected chi connectivity index (χ4v) is 4.52. The Morgan fingerprint density at radius 1 is 0.838 bits per heavy atom. The van der Waals surface area contributed by atoms with Crippen LogP contribution in [0.1, 0.15) is 91.8 Å². The molecule has 3 rings (SSSR count). The van der Waals surface area contributed by atoms with E-state index in [-0.39, 0.29) is 29.6 Å². The molecule has 2 N–H and O–H groups in total. The summed E-state index contributed by atoms with van der Waals surface area (Å²) in [6, 6.07) is 15.3. The third-order valence-electron chi connectivity index (χ3n) is 6.56. The van der Waals surface area contributed by atoms with E-state index in [0.717, 1.165) is 12.8 Å². The maximum Gasteiger partial charge on any atom is 0.255 e. The molecular formula is C31H38ClNO4. The lowest BCUT2D eigenvalue weighted by Gasteiger charge is -2.14. The van der Waals surface area contributed by atoms with Gasteiger partial charge in [-0.25, -0.2) is 0 Å². The Bertz CT molecular complexity index is 1160. The Balaban J connectivity index is 1.54. The third-order valence-corrected chi connectivity index (χ3v) is 6.82. The van der Waals surface area contributed by atoms with Crippen LogP contribution in [0.4, 0.5) is 0 Å². The van der Waals surface area contributed by atoms with Crippen LogP contribution in [0.25, 0.3) is 10.8 Å². The number of benzene rings is 3. The number of hydrogen-bond donors (Lipinski definition) is 2. The Morgan fingerprint density at radius 2 is 1.43 bits per heavy atom. The molecule has 0 aliphatic rings. The molecule has 0 radical (unpaired) electrons. The van der Waals surface area contributed by atoms with Gasteiger partial charge in [-0.3, -0.25) is 9.59 Å². The average Bonchev–Trinajstić information content (AvgIpc) is 2.91. The summed E-state index contributed by atoms with van der Waals surface area (Å²) in [5, 5.41) is 15.4. The summed E-state index contributed by atoms with van der Waals surface area (Å²) in [6.07, 6.45) is 12.3. The van der Waals surface area contributed by atoms with Gasteiger partial charge in [0.15, 0.2) is 12.4 Å². The summed E-state index contributed by atoms with van der Waals surface area (Å²) >= 11 is 5.91. The van der Waals surface area contributed by atoms with Gasteiger partial charge in [-0.05, 0) is 36.8 Å². The van der Waals surface area contributed by atoms with E-state index in [4.69, 9.17) is 16.3 Å². The molecule has 3 aromatic carbocycles. The Kier molecular flexibility index (Phi) is 11.8. The zero-order valence-corrected chi connectivity index (χ0v) is 22.5. The zero-order chi connectivity index (χ0) is 26.5. The van der Waals surface area contributed by atoms with E-state index in [2.05, 4.69) is 12.2 Å². The molecule has 0 unspecified atom stereocenters. The summed E-state index contributed by atoms with van der Waals surface area (Å²) in [6.45, 7) is 2.59. The van der Waals surface area contributed by atoms with Crippen molar-refractivity contribution in [3.8, 4) is 11.5 Å². The number of unbranched alkanes of at least 4 members (excludes halogenated alkanes) is 9. The van der Waals surface area contributed by atoms with Gasteiger partial charge in [0, 0.05) is 27.9 Å². The predicted molar refractivity (Wildman–Crippen MR) is 151 cm³/mol. The zero-order valence-electron chi connectivity index (χ0n) is 21.7. The molecule has 198 valence electrons. The summed E-state index contributed by atoms with van der Waals surface area (Å²) < 4.78 is 5.85. The van der Waals surface area contributed by atoms with Gasteiger partial charge in [0.05, 0.1) is 5.56 Å². The molecule has 0 bridgehead atoms. The van der Waals surface area contributed by atoms with E-state index >= 15 is 0 Å². The van der Waals surface area contributed by atoms with E-state index in [9.17, 15) is 14.7 Å². The number of Topliss-reactive ketones (excluding diaryl/α,β-unsaturated/α-hetero) is 1. The van der Waals surface area contributed by atoms with Crippen LogP contribution in [0.2, 0.25) is 5.02 Å². The van der Waals surface area contributed by atoms with E-state index in [1.807, 2.05) is 6.07 Å². The number of phenolic OH excluding ortho intramolecular Hbond substituents is 1. The maximum atomic E-state index is 12.9. The first-order valence-electron chi connectivity index (χ1n) is 13.5. The highest BCUT2D eigenvalue weighted by Gasteiger charge is 2.18. The van der Waals surface area contributed by atoms with E-state index in [0.29, 0.717) is 33.7 Å². The minimum Gasteiger partial charge on any atom is -0.506 e. The molecule has 0 saturated carbocycles. The number of phenols is 1. The van der Waals surface area contributed by atoms with Gasteiger partial charge in [-0.2, -0.15) is 0 Å². The second-order valence-corrected chi connectivity index (χ2v) is 9.91. The molecule has 0 aliphatic carbocycles. The largest absolute Gasteiger partial charge is 0.506 e. The van der Waals surface area contributed by atoms with Crippen molar-refractivity contribution in [3.63, 3.8) is 0 Å². The van der Waals surface area contributed by atoms with Gasteiger partial charge in [0.2, 0.25) is 0 Å². The molecule has 3 aromatic rings. The monoisotopic (exact) mass is 523 g/mol. The minimum atomic E-state index is -0.354. The molecule has 6 heteroatoms. The molecule has 0 heterocycles. The number of halogens is 1. The van der Waals surface area contributed by atoms with Gasteiger partial charge in [0.25, 0.3) is 5.91 Å². The fraction of sp³-hybridized carbons (Fsp3) is 0.419. The predicted octanol–water partition coefficient (Wildman–Crippen LogP) is 8.11. The lowest BCUT2D eigenvalue weighted by Crippen LogP contribution is -2.24. The lowest BCUT2D eigenvalue weighted by atomic mass is 10.0. The van der Waals surface area contributed by atoms with Crippen LogP contribution >= 0.6 is 11.6 Å². The smallest absolute Gasteiger partial charge is 0.255 e. The van der Waals surface area contributed by atoms with Crippen LogP contribution in [-0.4, -0.2) is 29.9 Å². The second kappa shape index (κ2) is 15.3. The van der Waals surface area contributed by atoms with Crippen LogP contribution < -0.4 is 10.1 Å². The number of carbonyl (C=O) groups excluding carboxylic acids is 2. The van der Waals surface area contributed by atoms with Crippen LogP contribution in [-0.2, 0) is 0 Å². The number of ketones is 1. The maximum absolute atomic E-state index is 12.9. The fourth-order valence-electron chi connectivity index (χ4n) is 4.39. The number of carbonyl (C=O) groups is 2. The van der Waals surface area contributed by atoms with Crippen LogP contribution in [0, 0.1) is 0 Å². The lowest BCUT2D eigenvalue weighted by molar-refractivity contribution is 0.0922. The SMILES string of the molecule is CCCCCCCCCCCCNC(=O)c1cc(OCC(=O)c2ccc(Cl)cc2)c2ccccc2c1O. The Labute approximate surface area is 225 Å². The van der Waals surface area contributed by atoms with Gasteiger partial charge in [0.1, 0.15) is 11.5 Å². The first kappa shape index (κ1) is 28.5.